The zero-order valence-corrected chi connectivity index (χ0v) is 14.9. The third-order valence-electron chi connectivity index (χ3n) is 3.84. The van der Waals surface area contributed by atoms with Gasteiger partial charge in [0.15, 0.2) is 5.82 Å². The third kappa shape index (κ3) is 3.53. The molecule has 0 amide bonds. The van der Waals surface area contributed by atoms with Crippen molar-refractivity contribution in [1.82, 2.24) is 9.38 Å². The standard InChI is InChI=1S/C18H17ClN4O2/c1-11-6-7-13(9-14(11)19)21-22-18-15(10-16(24)25-3)20-17-12(2)5-4-8-23(17)18/h4-9H,10H2,1-3H3. The number of methoxy groups -OCH3 is 1. The lowest BCUT2D eigenvalue weighted by atomic mass is 10.2. The molecule has 0 atom stereocenters. The van der Waals surface area contributed by atoms with Crippen LogP contribution in [0.2, 0.25) is 5.02 Å². The summed E-state index contributed by atoms with van der Waals surface area (Å²) in [5.74, 6) is 0.122. The molecule has 128 valence electrons. The number of rotatable bonds is 4. The molecule has 0 unspecified atom stereocenters. The number of esters is 1. The Labute approximate surface area is 150 Å². The first kappa shape index (κ1) is 17.1. The van der Waals surface area contributed by atoms with Crippen molar-refractivity contribution in [2.24, 2.45) is 10.2 Å². The number of hydrogen-bond acceptors (Lipinski definition) is 5. The summed E-state index contributed by atoms with van der Waals surface area (Å²) in [6.07, 6.45) is 1.87. The predicted octanol–water partition coefficient (Wildman–Crippen LogP) is 4.74. The number of pyridine rings is 1. The Hall–Kier alpha value is -2.73. The number of imidazole rings is 1. The Morgan fingerprint density at radius 3 is 2.76 bits per heavy atom. The molecule has 0 saturated heterocycles. The molecule has 2 aromatic heterocycles. The van der Waals surface area contributed by atoms with Crippen LogP contribution >= 0.6 is 11.6 Å². The summed E-state index contributed by atoms with van der Waals surface area (Å²) in [6, 6.07) is 9.30. The molecule has 0 aliphatic heterocycles. The molecule has 6 nitrogen and oxygen atoms in total. The summed E-state index contributed by atoms with van der Waals surface area (Å²) < 4.78 is 6.56. The summed E-state index contributed by atoms with van der Waals surface area (Å²) in [5, 5.41) is 9.20. The topological polar surface area (TPSA) is 68.3 Å². The Balaban J connectivity index is 2.07. The molecule has 0 fully saturated rings. The highest BCUT2D eigenvalue weighted by atomic mass is 35.5. The normalized spacial score (nSPS) is 11.4. The highest BCUT2D eigenvalue weighted by Crippen LogP contribution is 2.28. The van der Waals surface area contributed by atoms with Crippen molar-refractivity contribution in [3.63, 3.8) is 0 Å². The molecule has 3 aromatic rings. The average Bonchev–Trinajstić information content (AvgIpc) is 2.94. The smallest absolute Gasteiger partial charge is 0.311 e. The molecular weight excluding hydrogens is 340 g/mol. The second-order valence-electron chi connectivity index (χ2n) is 5.65. The molecule has 3 rings (SSSR count). The van der Waals surface area contributed by atoms with Crippen LogP contribution in [-0.2, 0) is 16.0 Å². The van der Waals surface area contributed by atoms with Crippen molar-refractivity contribution in [1.29, 1.82) is 0 Å². The first-order chi connectivity index (χ1) is 12.0. The van der Waals surface area contributed by atoms with Crippen LogP contribution in [0, 0.1) is 13.8 Å². The van der Waals surface area contributed by atoms with Gasteiger partial charge in [-0.2, -0.15) is 0 Å². The summed E-state index contributed by atoms with van der Waals surface area (Å²) in [4.78, 5) is 16.2. The van der Waals surface area contributed by atoms with Gasteiger partial charge < -0.3 is 4.74 Å². The van der Waals surface area contributed by atoms with Gasteiger partial charge in [-0.1, -0.05) is 23.7 Å². The molecule has 0 N–H and O–H groups in total. The first-order valence-electron chi connectivity index (χ1n) is 7.71. The van der Waals surface area contributed by atoms with E-state index in [9.17, 15) is 4.79 Å². The van der Waals surface area contributed by atoms with Crippen molar-refractivity contribution >= 4 is 34.7 Å². The maximum atomic E-state index is 11.7. The minimum absolute atomic E-state index is 0.0284. The fourth-order valence-corrected chi connectivity index (χ4v) is 2.60. The molecule has 0 bridgehead atoms. The summed E-state index contributed by atoms with van der Waals surface area (Å²) >= 11 is 6.13. The monoisotopic (exact) mass is 356 g/mol. The molecule has 0 aliphatic carbocycles. The van der Waals surface area contributed by atoms with Crippen LogP contribution in [-0.4, -0.2) is 22.5 Å². The highest BCUT2D eigenvalue weighted by molar-refractivity contribution is 6.31. The van der Waals surface area contributed by atoms with Gasteiger partial charge in [-0.05, 0) is 43.2 Å². The SMILES string of the molecule is COC(=O)Cc1nc2c(C)cccn2c1N=Nc1ccc(C)c(Cl)c1. The second-order valence-corrected chi connectivity index (χ2v) is 6.06. The lowest BCUT2D eigenvalue weighted by Gasteiger charge is -2.00. The van der Waals surface area contributed by atoms with Gasteiger partial charge in [-0.3, -0.25) is 9.20 Å². The predicted molar refractivity (Wildman–Crippen MR) is 96.0 cm³/mol. The molecule has 1 aromatic carbocycles. The molecule has 2 heterocycles. The first-order valence-corrected chi connectivity index (χ1v) is 8.08. The van der Waals surface area contributed by atoms with E-state index >= 15 is 0 Å². The number of halogens is 1. The quantitative estimate of drug-likeness (QED) is 0.501. The molecule has 0 saturated carbocycles. The van der Waals surface area contributed by atoms with Gasteiger partial charge in [0.05, 0.1) is 24.9 Å². The molecule has 0 radical (unpaired) electrons. The van der Waals surface area contributed by atoms with Crippen molar-refractivity contribution in [3.05, 3.63) is 58.4 Å². The lowest BCUT2D eigenvalue weighted by molar-refractivity contribution is -0.139. The van der Waals surface area contributed by atoms with E-state index in [1.165, 1.54) is 7.11 Å². The van der Waals surface area contributed by atoms with Crippen LogP contribution in [0.3, 0.4) is 0 Å². The molecule has 7 heteroatoms. The number of carbonyl (C=O) groups is 1. The van der Waals surface area contributed by atoms with Crippen LogP contribution in [0.25, 0.3) is 5.65 Å². The van der Waals surface area contributed by atoms with E-state index in [0.29, 0.717) is 22.2 Å². The maximum Gasteiger partial charge on any atom is 0.311 e. The number of aromatic nitrogens is 2. The van der Waals surface area contributed by atoms with Crippen LogP contribution in [0.5, 0.6) is 0 Å². The van der Waals surface area contributed by atoms with Crippen LogP contribution in [0.1, 0.15) is 16.8 Å². The third-order valence-corrected chi connectivity index (χ3v) is 4.25. The van der Waals surface area contributed by atoms with Crippen LogP contribution in [0.15, 0.2) is 46.8 Å². The van der Waals surface area contributed by atoms with Gasteiger partial charge in [0.2, 0.25) is 0 Å². The second kappa shape index (κ2) is 7.03. The minimum Gasteiger partial charge on any atom is -0.469 e. The van der Waals surface area contributed by atoms with Gasteiger partial charge in [0, 0.05) is 11.2 Å². The Morgan fingerprint density at radius 2 is 2.04 bits per heavy atom. The summed E-state index contributed by atoms with van der Waals surface area (Å²) in [5.41, 5.74) is 3.83. The zero-order chi connectivity index (χ0) is 18.0. The van der Waals surface area contributed by atoms with Gasteiger partial charge >= 0.3 is 5.97 Å². The van der Waals surface area contributed by atoms with Gasteiger partial charge in [0.1, 0.15) is 5.65 Å². The molecule has 0 aliphatic rings. The van der Waals surface area contributed by atoms with E-state index in [0.717, 1.165) is 16.8 Å². The van der Waals surface area contributed by atoms with Crippen LogP contribution in [0.4, 0.5) is 11.5 Å². The number of nitrogens with zero attached hydrogens (tertiary/aromatic N) is 4. The van der Waals surface area contributed by atoms with E-state index < -0.39 is 0 Å². The van der Waals surface area contributed by atoms with Gasteiger partial charge in [0.25, 0.3) is 0 Å². The van der Waals surface area contributed by atoms with Crippen LogP contribution < -0.4 is 0 Å². The molecular formula is C18H17ClN4O2. The lowest BCUT2D eigenvalue weighted by Crippen LogP contribution is -2.04. The van der Waals surface area contributed by atoms with E-state index in [2.05, 4.69) is 15.2 Å². The Kier molecular flexibility index (Phi) is 4.81. The number of azo groups is 1. The average molecular weight is 357 g/mol. The van der Waals surface area contributed by atoms with E-state index in [4.69, 9.17) is 16.3 Å². The van der Waals surface area contributed by atoms with Gasteiger partial charge in [-0.25, -0.2) is 4.98 Å². The molecule has 0 spiro atoms. The van der Waals surface area contributed by atoms with E-state index in [1.807, 2.05) is 48.7 Å². The number of benzene rings is 1. The maximum absolute atomic E-state index is 11.7. The van der Waals surface area contributed by atoms with Crippen molar-refractivity contribution in [2.45, 2.75) is 20.3 Å². The Bertz CT molecular complexity index is 979. The molecule has 25 heavy (non-hydrogen) atoms. The largest absolute Gasteiger partial charge is 0.469 e. The minimum atomic E-state index is -0.379. The number of carbonyl (C=O) groups excluding carboxylic acids is 1. The fraction of sp³-hybridized carbons (Fsp3) is 0.222. The van der Waals surface area contributed by atoms with Crippen molar-refractivity contribution in [3.8, 4) is 0 Å². The van der Waals surface area contributed by atoms with E-state index in [1.54, 1.807) is 6.07 Å². The Morgan fingerprint density at radius 1 is 1.24 bits per heavy atom. The zero-order valence-electron chi connectivity index (χ0n) is 14.2. The fourth-order valence-electron chi connectivity index (χ4n) is 2.42. The van der Waals surface area contributed by atoms with E-state index in [-0.39, 0.29) is 12.4 Å². The summed E-state index contributed by atoms with van der Waals surface area (Å²) in [6.45, 7) is 3.87. The summed E-state index contributed by atoms with van der Waals surface area (Å²) in [7, 11) is 1.35. The van der Waals surface area contributed by atoms with Crippen molar-refractivity contribution in [2.75, 3.05) is 7.11 Å². The number of fused-ring (bicyclic) bond motifs is 1. The number of hydrogen-bond donors (Lipinski definition) is 0. The number of ether oxygens (including phenoxy) is 1. The van der Waals surface area contributed by atoms with Gasteiger partial charge in [-0.15, -0.1) is 10.2 Å². The number of aryl methyl sites for hydroxylation is 2. The highest BCUT2D eigenvalue weighted by Gasteiger charge is 2.16. The van der Waals surface area contributed by atoms with Crippen molar-refractivity contribution < 1.29 is 9.53 Å².